The van der Waals surface area contributed by atoms with Gasteiger partial charge in [0.15, 0.2) is 17.3 Å². The second-order valence-corrected chi connectivity index (χ2v) is 9.87. The number of thioether (sulfide) groups is 1. The summed E-state index contributed by atoms with van der Waals surface area (Å²) in [6, 6.07) is 3.89. The van der Waals surface area contributed by atoms with Crippen LogP contribution in [0.3, 0.4) is 0 Å². The van der Waals surface area contributed by atoms with Gasteiger partial charge >= 0.3 is 0 Å². The van der Waals surface area contributed by atoms with E-state index in [9.17, 15) is 4.79 Å². The van der Waals surface area contributed by atoms with Gasteiger partial charge in [-0.15, -0.1) is 0 Å². The van der Waals surface area contributed by atoms with E-state index >= 15 is 0 Å². The minimum absolute atomic E-state index is 0.119. The molecule has 1 fully saturated rings. The van der Waals surface area contributed by atoms with Crippen LogP contribution in [0.2, 0.25) is 5.02 Å². The molecule has 0 saturated carbocycles. The van der Waals surface area contributed by atoms with Gasteiger partial charge in [-0.3, -0.25) is 14.6 Å². The van der Waals surface area contributed by atoms with Crippen molar-refractivity contribution < 1.29 is 14.2 Å². The third-order valence-electron chi connectivity index (χ3n) is 5.54. The van der Waals surface area contributed by atoms with E-state index in [4.69, 9.17) is 30.8 Å². The fourth-order valence-electron chi connectivity index (χ4n) is 4.27. The summed E-state index contributed by atoms with van der Waals surface area (Å²) in [6.07, 6.45) is 1.65. The molecule has 1 aromatic carbocycles. The van der Waals surface area contributed by atoms with Crippen LogP contribution in [-0.2, 0) is 4.74 Å². The molecule has 1 aromatic heterocycles. The quantitative estimate of drug-likeness (QED) is 0.747. The summed E-state index contributed by atoms with van der Waals surface area (Å²) < 4.78 is 18.7. The van der Waals surface area contributed by atoms with Gasteiger partial charge in [0.2, 0.25) is 6.79 Å². The molecule has 0 bridgehead atoms. The van der Waals surface area contributed by atoms with Gasteiger partial charge in [-0.25, -0.2) is 4.99 Å². The summed E-state index contributed by atoms with van der Waals surface area (Å²) in [6.45, 7) is 6.93. The average molecular weight is 436 g/mol. The van der Waals surface area contributed by atoms with Gasteiger partial charge < -0.3 is 14.2 Å². The third-order valence-corrected chi connectivity index (χ3v) is 6.99. The number of ether oxygens (including phenoxy) is 3. The number of nitrogens with zero attached hydrogens (tertiary/aromatic N) is 2. The second kappa shape index (κ2) is 6.82. The van der Waals surface area contributed by atoms with Crippen LogP contribution in [0, 0.1) is 0 Å². The van der Waals surface area contributed by atoms with Crippen LogP contribution >= 0.6 is 23.4 Å². The van der Waals surface area contributed by atoms with Crippen LogP contribution in [0.15, 0.2) is 21.9 Å². The Hall–Kier alpha value is -1.90. The number of rotatable bonds is 2. The van der Waals surface area contributed by atoms with E-state index < -0.39 is 0 Å². The minimum Gasteiger partial charge on any atom is -0.454 e. The molecule has 0 aliphatic carbocycles. The van der Waals surface area contributed by atoms with Crippen LogP contribution in [0.4, 0.5) is 5.82 Å². The molecule has 29 heavy (non-hydrogen) atoms. The number of H-pyrrole nitrogens is 1. The van der Waals surface area contributed by atoms with Gasteiger partial charge in [0, 0.05) is 6.61 Å². The van der Waals surface area contributed by atoms with Crippen molar-refractivity contribution in [3.63, 3.8) is 0 Å². The Kier molecular flexibility index (Phi) is 4.49. The summed E-state index contributed by atoms with van der Waals surface area (Å²) >= 11 is 7.95. The Balaban J connectivity index is 1.60. The number of hydrogen-bond donors (Lipinski definition) is 1. The molecule has 4 heterocycles. The molecule has 2 atom stereocenters. The average Bonchev–Trinajstić information content (AvgIpc) is 3.25. The number of halogens is 1. The summed E-state index contributed by atoms with van der Waals surface area (Å²) in [5.41, 5.74) is 1.20. The Morgan fingerprint density at radius 2 is 2.17 bits per heavy atom. The number of aromatic nitrogens is 2. The molecule has 9 heteroatoms. The molecule has 1 saturated heterocycles. The van der Waals surface area contributed by atoms with Gasteiger partial charge in [-0.05, 0) is 51.3 Å². The lowest BCUT2D eigenvalue weighted by Crippen LogP contribution is -2.35. The van der Waals surface area contributed by atoms with E-state index in [1.807, 2.05) is 23.7 Å². The van der Waals surface area contributed by atoms with E-state index in [2.05, 4.69) is 18.9 Å². The first kappa shape index (κ1) is 19.1. The highest BCUT2D eigenvalue weighted by atomic mass is 35.5. The molecule has 0 unspecified atom stereocenters. The molecular formula is C20H22ClN3O4S. The predicted octanol–water partition coefficient (Wildman–Crippen LogP) is 4.57. The molecule has 154 valence electrons. The van der Waals surface area contributed by atoms with Gasteiger partial charge in [0.05, 0.1) is 32.5 Å². The zero-order chi connectivity index (χ0) is 20.3. The van der Waals surface area contributed by atoms with Gasteiger partial charge in [0.25, 0.3) is 5.56 Å². The van der Waals surface area contributed by atoms with Gasteiger partial charge in [-0.2, -0.15) is 0 Å². The highest BCUT2D eigenvalue weighted by Gasteiger charge is 2.36. The standard InChI is InChI=1S/C20H22ClN3O4S/c1-10-22-18-15(19(25)23-24(18)12-4-5-28-20(2,3)8-12)17(29-10)11-6-13(21)16-14(7-11)26-9-27-16/h6-7,12,17H,4-5,8-9H2,1-3H3,(H,23,25)/t12-,17-/m0/s1. The van der Waals surface area contributed by atoms with Crippen molar-refractivity contribution in [2.75, 3.05) is 13.4 Å². The van der Waals surface area contributed by atoms with E-state index in [0.29, 0.717) is 34.5 Å². The number of benzene rings is 1. The molecule has 2 aromatic rings. The Labute approximate surface area is 177 Å². The van der Waals surface area contributed by atoms with Gasteiger partial charge in [0.1, 0.15) is 0 Å². The van der Waals surface area contributed by atoms with Crippen LogP contribution in [0.25, 0.3) is 0 Å². The normalized spacial score (nSPS) is 24.9. The number of hydrogen-bond acceptors (Lipinski definition) is 6. The SMILES string of the molecule is CC1=Nc2c(c(=O)[nH]n2[C@H]2CCOC(C)(C)C2)[C@H](c2cc(Cl)c3c(c2)OCO3)S1. The summed E-state index contributed by atoms with van der Waals surface area (Å²) in [4.78, 5) is 17.8. The Morgan fingerprint density at radius 1 is 1.34 bits per heavy atom. The number of fused-ring (bicyclic) bond motifs is 2. The van der Waals surface area contributed by atoms with Crippen LogP contribution in [0.5, 0.6) is 11.5 Å². The fraction of sp³-hybridized carbons (Fsp3) is 0.500. The number of aliphatic imine (C=N–C) groups is 1. The number of nitrogens with one attached hydrogen (secondary N) is 1. The first-order chi connectivity index (χ1) is 13.8. The maximum atomic E-state index is 13.0. The first-order valence-corrected chi connectivity index (χ1v) is 10.9. The minimum atomic E-state index is -0.233. The lowest BCUT2D eigenvalue weighted by molar-refractivity contribution is -0.0705. The van der Waals surface area contributed by atoms with E-state index in [-0.39, 0.29) is 29.2 Å². The molecule has 0 spiro atoms. The molecular weight excluding hydrogens is 414 g/mol. The third kappa shape index (κ3) is 3.27. The van der Waals surface area contributed by atoms with Gasteiger partial charge in [-0.1, -0.05) is 23.4 Å². The molecule has 7 nitrogen and oxygen atoms in total. The summed E-state index contributed by atoms with van der Waals surface area (Å²) in [7, 11) is 0. The lowest BCUT2D eigenvalue weighted by Gasteiger charge is -2.36. The second-order valence-electron chi connectivity index (χ2n) is 8.17. The predicted molar refractivity (Wildman–Crippen MR) is 113 cm³/mol. The monoisotopic (exact) mass is 435 g/mol. The molecule has 3 aliphatic rings. The molecule has 0 amide bonds. The van der Waals surface area contributed by atoms with Crippen LogP contribution in [0.1, 0.15) is 56.0 Å². The highest BCUT2D eigenvalue weighted by Crippen LogP contribution is 2.49. The summed E-state index contributed by atoms with van der Waals surface area (Å²) in [5.74, 6) is 1.86. The molecule has 5 rings (SSSR count). The van der Waals surface area contributed by atoms with E-state index in [0.717, 1.165) is 23.4 Å². The lowest BCUT2D eigenvalue weighted by atomic mass is 9.94. The molecule has 1 N–H and O–H groups in total. The van der Waals surface area contributed by atoms with E-state index in [1.165, 1.54) is 0 Å². The zero-order valence-electron chi connectivity index (χ0n) is 16.5. The smallest absolute Gasteiger partial charge is 0.271 e. The maximum absolute atomic E-state index is 13.0. The van der Waals surface area contributed by atoms with Crippen molar-refractivity contribution >= 4 is 34.2 Å². The summed E-state index contributed by atoms with van der Waals surface area (Å²) in [5, 5.41) is 4.21. The molecule has 3 aliphatic heterocycles. The van der Waals surface area contributed by atoms with E-state index in [1.54, 1.807) is 11.8 Å². The fourth-order valence-corrected chi connectivity index (χ4v) is 5.62. The van der Waals surface area contributed by atoms with Crippen molar-refractivity contribution in [3.8, 4) is 11.5 Å². The Morgan fingerprint density at radius 3 is 2.97 bits per heavy atom. The van der Waals surface area contributed by atoms with Crippen molar-refractivity contribution in [1.29, 1.82) is 0 Å². The Bertz CT molecular complexity index is 1070. The maximum Gasteiger partial charge on any atom is 0.271 e. The largest absolute Gasteiger partial charge is 0.454 e. The van der Waals surface area contributed by atoms with Crippen molar-refractivity contribution in [2.24, 2.45) is 4.99 Å². The van der Waals surface area contributed by atoms with Crippen molar-refractivity contribution in [2.45, 2.75) is 50.5 Å². The van der Waals surface area contributed by atoms with Crippen LogP contribution < -0.4 is 15.0 Å². The topological polar surface area (TPSA) is 77.8 Å². The van der Waals surface area contributed by atoms with Crippen molar-refractivity contribution in [1.82, 2.24) is 9.78 Å². The zero-order valence-corrected chi connectivity index (χ0v) is 18.0. The van der Waals surface area contributed by atoms with Crippen LogP contribution in [-0.4, -0.2) is 33.8 Å². The highest BCUT2D eigenvalue weighted by molar-refractivity contribution is 8.14. The van der Waals surface area contributed by atoms with Crippen molar-refractivity contribution in [3.05, 3.63) is 38.6 Å². The molecule has 0 radical (unpaired) electrons. The first-order valence-electron chi connectivity index (χ1n) is 9.62. The number of aromatic amines is 1.